The van der Waals surface area contributed by atoms with Crippen LogP contribution in [0.5, 0.6) is 0 Å². The van der Waals surface area contributed by atoms with Crippen molar-refractivity contribution in [1.29, 1.82) is 0 Å². The molecule has 0 radical (unpaired) electrons. The zero-order valence-electron chi connectivity index (χ0n) is 16.4. The predicted octanol–water partition coefficient (Wildman–Crippen LogP) is -0.445. The molecule has 32 heavy (non-hydrogen) atoms. The van der Waals surface area contributed by atoms with E-state index >= 15 is 0 Å². The first-order valence-corrected chi connectivity index (χ1v) is 9.35. The summed E-state index contributed by atoms with van der Waals surface area (Å²) >= 11 is 0. The number of hydrogen-bond donors (Lipinski definition) is 3. The van der Waals surface area contributed by atoms with Crippen molar-refractivity contribution in [3.63, 3.8) is 0 Å². The number of anilines is 1. The number of aromatic nitrogens is 2. The summed E-state index contributed by atoms with van der Waals surface area (Å²) in [6, 6.07) is 12.8. The van der Waals surface area contributed by atoms with Crippen molar-refractivity contribution in [3.05, 3.63) is 54.2 Å². The quantitative estimate of drug-likeness (QED) is 0.494. The van der Waals surface area contributed by atoms with Crippen LogP contribution in [0.1, 0.15) is 10.4 Å². The van der Waals surface area contributed by atoms with Gasteiger partial charge in [0, 0.05) is 17.3 Å². The van der Waals surface area contributed by atoms with Crippen molar-refractivity contribution in [2.45, 2.75) is 6.18 Å². The first-order valence-electron chi connectivity index (χ1n) is 9.35. The van der Waals surface area contributed by atoms with Gasteiger partial charge in [-0.1, -0.05) is 12.1 Å². The van der Waals surface area contributed by atoms with Gasteiger partial charge in [0.2, 0.25) is 5.91 Å². The third-order valence-corrected chi connectivity index (χ3v) is 4.71. The zero-order chi connectivity index (χ0) is 23.5. The summed E-state index contributed by atoms with van der Waals surface area (Å²) in [5.41, 5.74) is 7.98. The molecular weight excluding hydrogens is 431 g/mol. The van der Waals surface area contributed by atoms with Gasteiger partial charge >= 0.3 is 6.18 Å². The number of halogens is 3. The standard InChI is InChI=1S/C18H17N5O2.C2HF3O2/c19-17(24)15-3-1-2-11-10-23(22-16(11)15)14-6-4-13(5-7-14)21-18(25)12-8-20-9-12;3-2(4,5)1(6)7/h1-7,10,12,20H,8-9H2,(H2,19,24)(H,21,25);(H,6,7). The Balaban J connectivity index is 0.000000360. The second-order valence-corrected chi connectivity index (χ2v) is 6.96. The van der Waals surface area contributed by atoms with E-state index in [0.717, 1.165) is 29.9 Å². The van der Waals surface area contributed by atoms with Crippen LogP contribution in [0.2, 0.25) is 0 Å². The Morgan fingerprint density at radius 1 is 1.12 bits per heavy atom. The summed E-state index contributed by atoms with van der Waals surface area (Å²) in [6.45, 7) is 1.71. The van der Waals surface area contributed by atoms with Gasteiger partial charge in [0.15, 0.2) is 0 Å². The molecule has 1 aromatic heterocycles. The van der Waals surface area contributed by atoms with Crippen LogP contribution in [-0.2, 0) is 9.59 Å². The van der Waals surface area contributed by atoms with E-state index in [-0.39, 0.29) is 11.8 Å². The molecule has 4 rings (SSSR count). The average Bonchev–Trinajstić information content (AvgIpc) is 3.11. The molecule has 0 spiro atoms. The van der Waals surface area contributed by atoms with Crippen molar-refractivity contribution in [3.8, 4) is 5.69 Å². The number of carboxylic acid groups (broad SMARTS) is 1. The maximum absolute atomic E-state index is 12.0. The van der Waals surface area contributed by atoms with Crippen molar-refractivity contribution in [1.82, 2.24) is 9.78 Å². The van der Waals surface area contributed by atoms with E-state index < -0.39 is 18.1 Å². The summed E-state index contributed by atoms with van der Waals surface area (Å²) in [6.07, 6.45) is -3.35. The largest absolute Gasteiger partial charge is 0.542 e. The zero-order valence-corrected chi connectivity index (χ0v) is 16.4. The van der Waals surface area contributed by atoms with Gasteiger partial charge in [-0.15, -0.1) is 0 Å². The molecule has 1 aliphatic rings. The number of amides is 2. The molecule has 12 heteroatoms. The van der Waals surface area contributed by atoms with E-state index in [1.165, 1.54) is 0 Å². The summed E-state index contributed by atoms with van der Waals surface area (Å²) in [4.78, 5) is 32.3. The molecule has 0 saturated carbocycles. The van der Waals surface area contributed by atoms with E-state index in [0.29, 0.717) is 11.1 Å². The first kappa shape index (κ1) is 22.7. The van der Waals surface area contributed by atoms with Crippen LogP contribution >= 0.6 is 0 Å². The highest BCUT2D eigenvalue weighted by Gasteiger charge is 2.29. The molecule has 2 heterocycles. The average molecular weight is 449 g/mol. The van der Waals surface area contributed by atoms with Crippen LogP contribution < -0.4 is 21.5 Å². The smallest absolute Gasteiger partial charge is 0.430 e. The lowest BCUT2D eigenvalue weighted by Gasteiger charge is -2.21. The second kappa shape index (κ2) is 9.06. The topological polar surface area (TPSA) is 147 Å². The highest BCUT2D eigenvalue weighted by Crippen LogP contribution is 2.20. The van der Waals surface area contributed by atoms with Crippen molar-refractivity contribution < 1.29 is 38.0 Å². The van der Waals surface area contributed by atoms with Gasteiger partial charge in [-0.3, -0.25) is 9.59 Å². The van der Waals surface area contributed by atoms with Crippen molar-refractivity contribution in [2.75, 3.05) is 18.4 Å². The van der Waals surface area contributed by atoms with E-state index in [9.17, 15) is 22.8 Å². The van der Waals surface area contributed by atoms with Crippen LogP contribution in [-0.4, -0.2) is 46.8 Å². The maximum Gasteiger partial charge on any atom is 0.430 e. The number of quaternary nitrogens is 1. The monoisotopic (exact) mass is 449 g/mol. The number of nitrogens with zero attached hydrogens (tertiary/aromatic N) is 2. The van der Waals surface area contributed by atoms with Gasteiger partial charge in [-0.25, -0.2) is 4.68 Å². The third kappa shape index (κ3) is 5.21. The van der Waals surface area contributed by atoms with Crippen molar-refractivity contribution in [2.24, 2.45) is 11.7 Å². The Hall–Kier alpha value is -3.93. The maximum atomic E-state index is 12.0. The number of alkyl halides is 3. The lowest BCUT2D eigenvalue weighted by molar-refractivity contribution is -0.716. The number of rotatable bonds is 4. The number of nitrogens with two attached hydrogens (primary N) is 2. The van der Waals surface area contributed by atoms with E-state index in [1.807, 2.05) is 36.5 Å². The first-order chi connectivity index (χ1) is 15.1. The number of carboxylic acids is 1. The minimum atomic E-state index is -5.19. The second-order valence-electron chi connectivity index (χ2n) is 6.96. The van der Waals surface area contributed by atoms with E-state index in [2.05, 4.69) is 15.7 Å². The Morgan fingerprint density at radius 3 is 2.25 bits per heavy atom. The van der Waals surface area contributed by atoms with Gasteiger partial charge in [0.1, 0.15) is 17.4 Å². The van der Waals surface area contributed by atoms with Gasteiger partial charge < -0.3 is 26.3 Å². The number of nitrogens with one attached hydrogen (secondary N) is 1. The van der Waals surface area contributed by atoms with E-state index in [1.54, 1.807) is 16.8 Å². The summed E-state index contributed by atoms with van der Waals surface area (Å²) in [5, 5.41) is 19.1. The molecule has 3 aromatic rings. The third-order valence-electron chi connectivity index (χ3n) is 4.71. The predicted molar refractivity (Wildman–Crippen MR) is 104 cm³/mol. The number of benzene rings is 2. The summed E-state index contributed by atoms with van der Waals surface area (Å²) in [5.74, 6) is -3.34. The van der Waals surface area contributed by atoms with Gasteiger partial charge in [0.25, 0.3) is 5.91 Å². The Kier molecular flexibility index (Phi) is 6.44. The van der Waals surface area contributed by atoms with Crippen LogP contribution in [0.4, 0.5) is 18.9 Å². The molecular formula is C20H18F3N5O4. The summed E-state index contributed by atoms with van der Waals surface area (Å²) in [7, 11) is 0. The Bertz CT molecular complexity index is 1150. The van der Waals surface area contributed by atoms with Gasteiger partial charge in [-0.2, -0.15) is 18.3 Å². The molecule has 2 amide bonds. The molecule has 0 atom stereocenters. The number of aliphatic carboxylic acids is 1. The molecule has 0 aliphatic carbocycles. The Morgan fingerprint density at radius 2 is 1.75 bits per heavy atom. The van der Waals surface area contributed by atoms with E-state index in [4.69, 9.17) is 15.6 Å². The minimum Gasteiger partial charge on any atom is -0.542 e. The minimum absolute atomic E-state index is 0.0613. The van der Waals surface area contributed by atoms with Crippen LogP contribution in [0.15, 0.2) is 48.7 Å². The lowest BCUT2D eigenvalue weighted by atomic mass is 10.0. The normalized spacial score (nSPS) is 13.6. The van der Waals surface area contributed by atoms with Gasteiger partial charge in [-0.05, 0) is 30.3 Å². The summed E-state index contributed by atoms with van der Waals surface area (Å²) < 4.78 is 33.2. The number of carbonyl (C=O) groups excluding carboxylic acids is 3. The highest BCUT2D eigenvalue weighted by atomic mass is 19.4. The number of carbonyl (C=O) groups is 3. The fraction of sp³-hybridized carbons (Fsp3) is 0.200. The molecule has 1 aliphatic heterocycles. The lowest BCUT2D eigenvalue weighted by Crippen LogP contribution is -2.97. The SMILES string of the molecule is NC(=O)c1cccc2cn(-c3ccc(NC(=O)C4C[NH2+]C4)cc3)nc12.O=C([O-])C(F)(F)F. The fourth-order valence-electron chi connectivity index (χ4n) is 2.87. The Labute approximate surface area is 179 Å². The molecule has 2 aromatic carbocycles. The molecule has 0 bridgehead atoms. The molecule has 1 fully saturated rings. The molecule has 9 nitrogen and oxygen atoms in total. The number of fused-ring (bicyclic) bond motifs is 1. The van der Waals surface area contributed by atoms with Crippen LogP contribution in [0.3, 0.4) is 0 Å². The number of primary amides is 1. The van der Waals surface area contributed by atoms with Crippen LogP contribution in [0, 0.1) is 5.92 Å². The fourth-order valence-corrected chi connectivity index (χ4v) is 2.87. The number of hydrogen-bond acceptors (Lipinski definition) is 5. The molecule has 1 saturated heterocycles. The highest BCUT2D eigenvalue weighted by molar-refractivity contribution is 6.04. The molecule has 168 valence electrons. The molecule has 0 unspecified atom stereocenters. The van der Waals surface area contributed by atoms with Crippen molar-refractivity contribution >= 4 is 34.4 Å². The molecule has 5 N–H and O–H groups in total. The van der Waals surface area contributed by atoms with Gasteiger partial charge in [0.05, 0.1) is 24.3 Å². The van der Waals surface area contributed by atoms with Crippen LogP contribution in [0.25, 0.3) is 16.6 Å².